The molecule has 1 amide bonds. The standard InChI is InChI=1S/C18H15NO4/c1-12(20)14-3-2-4-15(10-14)19-18(21)8-6-13-5-7-16-17(9-13)23-11-22-16/h2-10H,11H2,1H3,(H,19,21). The number of hydrogen-bond acceptors (Lipinski definition) is 4. The van der Waals surface area contributed by atoms with E-state index in [2.05, 4.69) is 5.32 Å². The number of ether oxygens (including phenoxy) is 2. The predicted molar refractivity (Wildman–Crippen MR) is 86.7 cm³/mol. The third-order valence-electron chi connectivity index (χ3n) is 3.36. The summed E-state index contributed by atoms with van der Waals surface area (Å²) in [5.41, 5.74) is 1.97. The minimum atomic E-state index is -0.275. The van der Waals surface area contributed by atoms with Crippen molar-refractivity contribution >= 4 is 23.5 Å². The van der Waals surface area contributed by atoms with E-state index in [1.807, 2.05) is 12.1 Å². The summed E-state index contributed by atoms with van der Waals surface area (Å²) in [7, 11) is 0. The number of amides is 1. The zero-order valence-corrected chi connectivity index (χ0v) is 12.5. The lowest BCUT2D eigenvalue weighted by Gasteiger charge is -2.03. The summed E-state index contributed by atoms with van der Waals surface area (Å²) >= 11 is 0. The van der Waals surface area contributed by atoms with E-state index >= 15 is 0 Å². The molecule has 1 N–H and O–H groups in total. The molecule has 0 spiro atoms. The molecule has 23 heavy (non-hydrogen) atoms. The summed E-state index contributed by atoms with van der Waals surface area (Å²) in [4.78, 5) is 23.3. The predicted octanol–water partition coefficient (Wildman–Crippen LogP) is 3.27. The van der Waals surface area contributed by atoms with Crippen LogP contribution in [0.5, 0.6) is 11.5 Å². The van der Waals surface area contributed by atoms with E-state index < -0.39 is 0 Å². The lowest BCUT2D eigenvalue weighted by Crippen LogP contribution is -2.08. The van der Waals surface area contributed by atoms with Crippen molar-refractivity contribution in [1.82, 2.24) is 0 Å². The number of fused-ring (bicyclic) bond motifs is 1. The van der Waals surface area contributed by atoms with Gasteiger partial charge in [0.2, 0.25) is 12.7 Å². The third-order valence-corrected chi connectivity index (χ3v) is 3.36. The molecule has 0 saturated carbocycles. The smallest absolute Gasteiger partial charge is 0.248 e. The van der Waals surface area contributed by atoms with Gasteiger partial charge >= 0.3 is 0 Å². The van der Waals surface area contributed by atoms with Crippen molar-refractivity contribution in [1.29, 1.82) is 0 Å². The molecule has 0 unspecified atom stereocenters. The van der Waals surface area contributed by atoms with Crippen LogP contribution in [0.3, 0.4) is 0 Å². The number of ketones is 1. The van der Waals surface area contributed by atoms with Gasteiger partial charge in [-0.2, -0.15) is 0 Å². The van der Waals surface area contributed by atoms with Crippen molar-refractivity contribution in [3.63, 3.8) is 0 Å². The van der Waals surface area contributed by atoms with Crippen molar-refractivity contribution in [2.45, 2.75) is 6.92 Å². The normalized spacial score (nSPS) is 12.4. The van der Waals surface area contributed by atoms with Gasteiger partial charge in [0.05, 0.1) is 0 Å². The fraction of sp³-hybridized carbons (Fsp3) is 0.111. The van der Waals surface area contributed by atoms with Crippen LogP contribution in [0, 0.1) is 0 Å². The zero-order chi connectivity index (χ0) is 16.2. The van der Waals surface area contributed by atoms with E-state index in [1.165, 1.54) is 13.0 Å². The first-order valence-corrected chi connectivity index (χ1v) is 7.11. The van der Waals surface area contributed by atoms with E-state index in [-0.39, 0.29) is 18.5 Å². The van der Waals surface area contributed by atoms with Crippen LogP contribution in [0.1, 0.15) is 22.8 Å². The molecule has 5 heteroatoms. The van der Waals surface area contributed by atoms with Crippen LogP contribution >= 0.6 is 0 Å². The van der Waals surface area contributed by atoms with Gasteiger partial charge in [-0.05, 0) is 42.8 Å². The largest absolute Gasteiger partial charge is 0.454 e. The Morgan fingerprint density at radius 2 is 1.91 bits per heavy atom. The molecule has 0 saturated heterocycles. The summed E-state index contributed by atoms with van der Waals surface area (Å²) in [6.07, 6.45) is 3.12. The number of benzene rings is 2. The number of hydrogen-bond donors (Lipinski definition) is 1. The molecule has 0 aromatic heterocycles. The van der Waals surface area contributed by atoms with Crippen molar-refractivity contribution in [3.05, 3.63) is 59.7 Å². The SMILES string of the molecule is CC(=O)c1cccc(NC(=O)C=Cc2ccc3c(c2)OCO3)c1. The third kappa shape index (κ3) is 3.58. The van der Waals surface area contributed by atoms with Gasteiger partial charge in [0.25, 0.3) is 0 Å². The van der Waals surface area contributed by atoms with Gasteiger partial charge < -0.3 is 14.8 Å². The van der Waals surface area contributed by atoms with Gasteiger partial charge in [0.1, 0.15) is 0 Å². The molecule has 0 aliphatic carbocycles. The summed E-state index contributed by atoms with van der Waals surface area (Å²) in [5, 5.41) is 2.73. The highest BCUT2D eigenvalue weighted by Gasteiger charge is 2.12. The summed E-state index contributed by atoms with van der Waals surface area (Å²) in [5.74, 6) is 1.05. The lowest BCUT2D eigenvalue weighted by atomic mass is 10.1. The maximum Gasteiger partial charge on any atom is 0.248 e. The van der Waals surface area contributed by atoms with Crippen LogP contribution < -0.4 is 14.8 Å². The van der Waals surface area contributed by atoms with E-state index in [1.54, 1.807) is 36.4 Å². The number of nitrogens with one attached hydrogen (secondary N) is 1. The molecular formula is C18H15NO4. The van der Waals surface area contributed by atoms with Crippen LogP contribution in [-0.4, -0.2) is 18.5 Å². The van der Waals surface area contributed by atoms with Crippen LogP contribution in [0.15, 0.2) is 48.5 Å². The Kier molecular flexibility index (Phi) is 4.10. The molecule has 0 atom stereocenters. The summed E-state index contributed by atoms with van der Waals surface area (Å²) < 4.78 is 10.5. The molecule has 2 aromatic rings. The maximum atomic E-state index is 12.0. The highest BCUT2D eigenvalue weighted by molar-refractivity contribution is 6.03. The molecule has 3 rings (SSSR count). The first-order valence-electron chi connectivity index (χ1n) is 7.11. The van der Waals surface area contributed by atoms with Gasteiger partial charge in [-0.15, -0.1) is 0 Å². The summed E-state index contributed by atoms with van der Waals surface area (Å²) in [6, 6.07) is 12.3. The fourth-order valence-electron chi connectivity index (χ4n) is 2.19. The maximum absolute atomic E-state index is 12.0. The monoisotopic (exact) mass is 309 g/mol. The second-order valence-electron chi connectivity index (χ2n) is 5.07. The molecule has 1 heterocycles. The average molecular weight is 309 g/mol. The molecule has 5 nitrogen and oxygen atoms in total. The van der Waals surface area contributed by atoms with E-state index in [9.17, 15) is 9.59 Å². The Labute approximate surface area is 133 Å². The van der Waals surface area contributed by atoms with Gasteiger partial charge in [0.15, 0.2) is 17.3 Å². The zero-order valence-electron chi connectivity index (χ0n) is 12.5. The Morgan fingerprint density at radius 3 is 2.74 bits per heavy atom. The first kappa shape index (κ1) is 14.8. The van der Waals surface area contributed by atoms with Crippen LogP contribution in [0.4, 0.5) is 5.69 Å². The van der Waals surface area contributed by atoms with E-state index in [4.69, 9.17) is 9.47 Å². The molecular weight excluding hydrogens is 294 g/mol. The second-order valence-corrected chi connectivity index (χ2v) is 5.07. The van der Waals surface area contributed by atoms with Crippen LogP contribution in [0.2, 0.25) is 0 Å². The average Bonchev–Trinajstić information content (AvgIpc) is 3.01. The Balaban J connectivity index is 1.67. The number of Topliss-reactive ketones (excluding diaryl/α,β-unsaturated/α-hetero) is 1. The number of rotatable bonds is 4. The number of anilines is 1. The fourth-order valence-corrected chi connectivity index (χ4v) is 2.19. The van der Waals surface area contributed by atoms with Crippen molar-refractivity contribution in [3.8, 4) is 11.5 Å². The topological polar surface area (TPSA) is 64.6 Å². The van der Waals surface area contributed by atoms with Gasteiger partial charge in [-0.25, -0.2) is 0 Å². The molecule has 0 fully saturated rings. The molecule has 0 radical (unpaired) electrons. The van der Waals surface area contributed by atoms with Crippen molar-refractivity contribution < 1.29 is 19.1 Å². The van der Waals surface area contributed by atoms with Gasteiger partial charge in [0, 0.05) is 17.3 Å². The summed E-state index contributed by atoms with van der Waals surface area (Å²) in [6.45, 7) is 1.70. The Morgan fingerprint density at radius 1 is 1.09 bits per heavy atom. The van der Waals surface area contributed by atoms with E-state index in [0.717, 1.165) is 5.56 Å². The number of carbonyl (C=O) groups is 2. The quantitative estimate of drug-likeness (QED) is 0.695. The highest BCUT2D eigenvalue weighted by Crippen LogP contribution is 2.32. The minimum Gasteiger partial charge on any atom is -0.454 e. The van der Waals surface area contributed by atoms with Crippen molar-refractivity contribution in [2.24, 2.45) is 0 Å². The lowest BCUT2D eigenvalue weighted by molar-refractivity contribution is -0.111. The van der Waals surface area contributed by atoms with Crippen LogP contribution in [-0.2, 0) is 4.79 Å². The number of carbonyl (C=O) groups excluding carboxylic acids is 2. The van der Waals surface area contributed by atoms with Crippen LogP contribution in [0.25, 0.3) is 6.08 Å². The molecule has 0 bridgehead atoms. The molecule has 1 aliphatic heterocycles. The van der Waals surface area contributed by atoms with E-state index in [0.29, 0.717) is 22.7 Å². The highest BCUT2D eigenvalue weighted by atomic mass is 16.7. The first-order chi connectivity index (χ1) is 11.1. The van der Waals surface area contributed by atoms with Gasteiger partial charge in [-0.3, -0.25) is 9.59 Å². The van der Waals surface area contributed by atoms with Gasteiger partial charge in [-0.1, -0.05) is 18.2 Å². The molecule has 1 aliphatic rings. The second kappa shape index (κ2) is 6.36. The Bertz CT molecular complexity index is 795. The molecule has 116 valence electrons. The Hall–Kier alpha value is -3.08. The van der Waals surface area contributed by atoms with Crippen molar-refractivity contribution in [2.75, 3.05) is 12.1 Å². The molecule has 2 aromatic carbocycles. The minimum absolute atomic E-state index is 0.0444.